The highest BCUT2D eigenvalue weighted by Gasteiger charge is 2.80. The molecule has 1 fully saturated rings. The van der Waals surface area contributed by atoms with Gasteiger partial charge in [-0.1, -0.05) is 51.3 Å². The zero-order valence-corrected chi connectivity index (χ0v) is 9.87. The molecule has 2 rings (SSSR count). The summed E-state index contributed by atoms with van der Waals surface area (Å²) >= 11 is 14.2. The van der Waals surface area contributed by atoms with Crippen molar-refractivity contribution >= 4 is 39.1 Å². The highest BCUT2D eigenvalue weighted by Crippen LogP contribution is 2.70. The molecule has 1 saturated carbocycles. The van der Waals surface area contributed by atoms with Crippen LogP contribution in [0.5, 0.6) is 0 Å². The summed E-state index contributed by atoms with van der Waals surface area (Å²) in [6.07, 6.45) is 0. The Morgan fingerprint density at radius 2 is 1.57 bits per heavy atom. The average molecular weight is 302 g/mol. The number of benzene rings is 1. The maximum atomic E-state index is 13.1. The lowest BCUT2D eigenvalue weighted by atomic mass is 10.1. The minimum absolute atomic E-state index is 0.461. The number of rotatable bonds is 1. The summed E-state index contributed by atoms with van der Waals surface area (Å²) in [6.45, 7) is 0. The van der Waals surface area contributed by atoms with Crippen LogP contribution in [0.1, 0.15) is 11.5 Å². The fourth-order valence-corrected chi connectivity index (χ4v) is 2.32. The molecule has 1 aromatic carbocycles. The first-order valence-corrected chi connectivity index (χ1v) is 5.43. The van der Waals surface area contributed by atoms with Crippen molar-refractivity contribution < 1.29 is 8.78 Å². The smallest absolute Gasteiger partial charge is 0.203 e. The third kappa shape index (κ3) is 1.37. The van der Waals surface area contributed by atoms with E-state index in [0.717, 1.165) is 4.47 Å². The molecule has 0 nitrogen and oxygen atoms in total. The molecule has 0 aliphatic heterocycles. The lowest BCUT2D eigenvalue weighted by Crippen LogP contribution is -1.99. The molecule has 1 aliphatic carbocycles. The molecule has 1 unspecified atom stereocenters. The second-order valence-corrected chi connectivity index (χ2v) is 5.53. The third-order valence-corrected chi connectivity index (χ3v) is 3.76. The summed E-state index contributed by atoms with van der Waals surface area (Å²) in [5, 5.41) is 0. The highest BCUT2D eigenvalue weighted by atomic mass is 79.9. The van der Waals surface area contributed by atoms with Crippen molar-refractivity contribution in [1.82, 2.24) is 0 Å². The van der Waals surface area contributed by atoms with E-state index in [1.54, 1.807) is 24.3 Å². The van der Waals surface area contributed by atoms with E-state index in [2.05, 4.69) is 15.9 Å². The van der Waals surface area contributed by atoms with Crippen molar-refractivity contribution in [3.8, 4) is 0 Å². The molecule has 0 saturated heterocycles. The molecular formula is C9H5BrCl2F2. The van der Waals surface area contributed by atoms with Gasteiger partial charge in [0, 0.05) is 4.47 Å². The molecule has 1 aliphatic rings. The Balaban J connectivity index is 2.32. The van der Waals surface area contributed by atoms with Crippen molar-refractivity contribution in [3.05, 3.63) is 34.3 Å². The Bertz CT molecular complexity index is 348. The van der Waals surface area contributed by atoms with Crippen LogP contribution in [0.25, 0.3) is 0 Å². The summed E-state index contributed by atoms with van der Waals surface area (Å²) in [5.74, 6) is -4.12. The average Bonchev–Trinajstić information content (AvgIpc) is 2.46. The normalized spacial score (nSPS) is 27.4. The molecule has 0 aromatic heterocycles. The highest BCUT2D eigenvalue weighted by molar-refractivity contribution is 9.10. The van der Waals surface area contributed by atoms with Gasteiger partial charge in [0.15, 0.2) is 4.33 Å². The van der Waals surface area contributed by atoms with Crippen LogP contribution in [0.4, 0.5) is 8.78 Å². The first-order valence-electron chi connectivity index (χ1n) is 3.88. The zero-order valence-electron chi connectivity index (χ0n) is 6.78. The summed E-state index contributed by atoms with van der Waals surface area (Å²) < 4.78 is 25.1. The van der Waals surface area contributed by atoms with Gasteiger partial charge in [0.2, 0.25) is 0 Å². The second kappa shape index (κ2) is 3.06. The first kappa shape index (κ1) is 10.7. The van der Waals surface area contributed by atoms with Crippen LogP contribution in [-0.4, -0.2) is 10.3 Å². The standard InChI is InChI=1S/C9H5BrCl2F2/c10-6-3-1-5(2-4-6)7-8(11,12)9(7,13)14/h1-4,7H. The molecule has 0 bridgehead atoms. The lowest BCUT2D eigenvalue weighted by molar-refractivity contribution is 0.109. The number of halogens is 5. The van der Waals surface area contributed by atoms with Crippen LogP contribution in [0, 0.1) is 0 Å². The molecule has 5 heteroatoms. The summed E-state index contributed by atoms with van der Waals surface area (Å²) in [4.78, 5) is 0. The van der Waals surface area contributed by atoms with E-state index in [0.29, 0.717) is 5.56 Å². The van der Waals surface area contributed by atoms with Crippen molar-refractivity contribution in [3.63, 3.8) is 0 Å². The second-order valence-electron chi connectivity index (χ2n) is 3.23. The summed E-state index contributed by atoms with van der Waals surface area (Å²) in [6, 6.07) is 6.56. The van der Waals surface area contributed by atoms with Crippen LogP contribution in [0.2, 0.25) is 0 Å². The Labute approximate surface area is 98.3 Å². The van der Waals surface area contributed by atoms with Crippen LogP contribution >= 0.6 is 39.1 Å². The fraction of sp³-hybridized carbons (Fsp3) is 0.333. The summed E-state index contributed by atoms with van der Waals surface area (Å²) in [5.41, 5.74) is 0.461. The van der Waals surface area contributed by atoms with Gasteiger partial charge in [0.1, 0.15) is 0 Å². The van der Waals surface area contributed by atoms with Gasteiger partial charge in [-0.2, -0.15) is 0 Å². The van der Waals surface area contributed by atoms with Crippen molar-refractivity contribution in [1.29, 1.82) is 0 Å². The Morgan fingerprint density at radius 1 is 1.14 bits per heavy atom. The predicted molar refractivity (Wildman–Crippen MR) is 56.3 cm³/mol. The fourth-order valence-electron chi connectivity index (χ4n) is 1.42. The van der Waals surface area contributed by atoms with E-state index in [1.165, 1.54) is 0 Å². The van der Waals surface area contributed by atoms with Crippen LogP contribution < -0.4 is 0 Å². The lowest BCUT2D eigenvalue weighted by Gasteiger charge is -1.98. The van der Waals surface area contributed by atoms with E-state index >= 15 is 0 Å². The van der Waals surface area contributed by atoms with Crippen molar-refractivity contribution in [2.45, 2.75) is 16.2 Å². The molecule has 1 aromatic rings. The molecule has 76 valence electrons. The Kier molecular flexibility index (Phi) is 2.33. The largest absolute Gasteiger partial charge is 0.291 e. The molecular weight excluding hydrogens is 297 g/mol. The van der Waals surface area contributed by atoms with Crippen molar-refractivity contribution in [2.24, 2.45) is 0 Å². The van der Waals surface area contributed by atoms with E-state index < -0.39 is 16.2 Å². The van der Waals surface area contributed by atoms with E-state index in [-0.39, 0.29) is 0 Å². The van der Waals surface area contributed by atoms with Gasteiger partial charge in [0.25, 0.3) is 5.92 Å². The Morgan fingerprint density at radius 3 is 1.93 bits per heavy atom. The number of hydrogen-bond acceptors (Lipinski definition) is 0. The molecule has 0 heterocycles. The quantitative estimate of drug-likeness (QED) is 0.676. The van der Waals surface area contributed by atoms with Crippen LogP contribution in [0.15, 0.2) is 28.7 Å². The van der Waals surface area contributed by atoms with Gasteiger partial charge in [-0.3, -0.25) is 0 Å². The van der Waals surface area contributed by atoms with Crippen LogP contribution in [0.3, 0.4) is 0 Å². The first-order chi connectivity index (χ1) is 6.37. The SMILES string of the molecule is FC1(F)C(c2ccc(Br)cc2)C1(Cl)Cl. The molecule has 1 atom stereocenters. The number of alkyl halides is 4. The number of hydrogen-bond donors (Lipinski definition) is 0. The van der Waals surface area contributed by atoms with E-state index in [1.807, 2.05) is 0 Å². The van der Waals surface area contributed by atoms with Gasteiger partial charge in [-0.15, -0.1) is 0 Å². The zero-order chi connectivity index (χ0) is 10.6. The monoisotopic (exact) mass is 300 g/mol. The molecule has 0 amide bonds. The maximum absolute atomic E-state index is 13.1. The molecule has 0 spiro atoms. The summed E-state index contributed by atoms with van der Waals surface area (Å²) in [7, 11) is 0. The minimum atomic E-state index is -3.02. The third-order valence-electron chi connectivity index (χ3n) is 2.29. The molecule has 0 radical (unpaired) electrons. The topological polar surface area (TPSA) is 0 Å². The van der Waals surface area contributed by atoms with Crippen molar-refractivity contribution in [2.75, 3.05) is 0 Å². The molecule has 14 heavy (non-hydrogen) atoms. The van der Waals surface area contributed by atoms with Gasteiger partial charge >= 0.3 is 0 Å². The van der Waals surface area contributed by atoms with Gasteiger partial charge < -0.3 is 0 Å². The predicted octanol–water partition coefficient (Wildman–Crippen LogP) is 4.36. The van der Waals surface area contributed by atoms with Crippen LogP contribution in [-0.2, 0) is 0 Å². The van der Waals surface area contributed by atoms with Gasteiger partial charge in [0.05, 0.1) is 5.92 Å². The van der Waals surface area contributed by atoms with Gasteiger partial charge in [-0.05, 0) is 17.7 Å². The van der Waals surface area contributed by atoms with E-state index in [4.69, 9.17) is 23.2 Å². The van der Waals surface area contributed by atoms with E-state index in [9.17, 15) is 8.78 Å². The minimum Gasteiger partial charge on any atom is -0.203 e. The maximum Gasteiger partial charge on any atom is 0.291 e. The van der Waals surface area contributed by atoms with Gasteiger partial charge in [-0.25, -0.2) is 8.78 Å². The molecule has 0 N–H and O–H groups in total. The Hall–Kier alpha value is 0.140.